The van der Waals surface area contributed by atoms with Crippen LogP contribution < -0.4 is 0 Å². The van der Waals surface area contributed by atoms with Gasteiger partial charge in [-0.3, -0.25) is 0 Å². The van der Waals surface area contributed by atoms with Crippen molar-refractivity contribution in [1.29, 1.82) is 0 Å². The molecule has 0 saturated heterocycles. The fourth-order valence-corrected chi connectivity index (χ4v) is 4.50. The normalized spacial score (nSPS) is 13.1. The number of nitrogens with zero attached hydrogens (tertiary/aromatic N) is 4. The van der Waals surface area contributed by atoms with E-state index in [9.17, 15) is 21.6 Å². The summed E-state index contributed by atoms with van der Waals surface area (Å²) in [7, 11) is 0. The third-order valence-corrected chi connectivity index (χ3v) is 5.68. The van der Waals surface area contributed by atoms with Crippen molar-refractivity contribution in [2.75, 3.05) is 0 Å². The molecule has 0 rings (SSSR count). The quantitative estimate of drug-likeness (QED) is 0.221. The summed E-state index contributed by atoms with van der Waals surface area (Å²) in [6.45, 7) is 48.5. The molecule has 0 aliphatic carbocycles. The average molecular weight is 742 g/mol. The predicted octanol–water partition coefficient (Wildman–Crippen LogP) is 12.4. The summed E-state index contributed by atoms with van der Waals surface area (Å²) < 4.78 is 0. The maximum absolute atomic E-state index is 9.64. The molecule has 0 spiro atoms. The van der Waals surface area contributed by atoms with Crippen LogP contribution in [0.25, 0.3) is 21.6 Å². The monoisotopic (exact) mass is 742 g/mol. The molecule has 0 aliphatic heterocycles. The molecule has 0 N–H and O–H groups in total. The van der Waals surface area contributed by atoms with Crippen molar-refractivity contribution in [3.05, 3.63) is 21.6 Å². The summed E-state index contributed by atoms with van der Waals surface area (Å²) in [5, 5.41) is 38.6. The van der Waals surface area contributed by atoms with Gasteiger partial charge in [0.15, 0.2) is 0 Å². The summed E-state index contributed by atoms with van der Waals surface area (Å²) in [5.41, 5.74) is 1.60. The van der Waals surface area contributed by atoms with Gasteiger partial charge in [-0.15, -0.1) is 0 Å². The van der Waals surface area contributed by atoms with E-state index in [1.54, 1.807) is 0 Å². The smallest absolute Gasteiger partial charge is 0 e. The van der Waals surface area contributed by atoms with Crippen LogP contribution in [0.2, 0.25) is 0 Å². The maximum Gasteiger partial charge on any atom is 0 e. The van der Waals surface area contributed by atoms with Crippen molar-refractivity contribution in [2.24, 2.45) is 43.3 Å². The van der Waals surface area contributed by atoms with Gasteiger partial charge in [-0.2, -0.15) is 22.8 Å². The largest absolute Gasteiger partial charge is 0.810 e. The van der Waals surface area contributed by atoms with Crippen molar-refractivity contribution < 1.29 is 22.4 Å². The number of hydrogen-bond acceptors (Lipinski definition) is 0. The Labute approximate surface area is 275 Å². The van der Waals surface area contributed by atoms with E-state index in [1.807, 2.05) is 166 Å². The first-order valence-electron chi connectivity index (χ1n) is 14.9. The zero-order valence-electron chi connectivity index (χ0n) is 32.2. The second-order valence-electron chi connectivity index (χ2n) is 19.4. The molecule has 0 heterocycles. The minimum absolute atomic E-state index is 0. The number of rotatable bonds is 0. The Morgan fingerprint density at radius 2 is 0.268 bits per heavy atom. The molecule has 0 aromatic rings. The first-order valence-corrected chi connectivity index (χ1v) is 14.9. The van der Waals surface area contributed by atoms with Crippen molar-refractivity contribution in [1.82, 2.24) is 0 Å². The second-order valence-corrected chi connectivity index (χ2v) is 19.4. The van der Waals surface area contributed by atoms with E-state index < -0.39 is 0 Å². The van der Waals surface area contributed by atoms with Gasteiger partial charge in [-0.1, -0.05) is 166 Å². The van der Waals surface area contributed by atoms with Gasteiger partial charge >= 0.3 is 0 Å². The zero-order valence-corrected chi connectivity index (χ0v) is 35.4. The van der Waals surface area contributed by atoms with Gasteiger partial charge in [0, 0.05) is 22.4 Å². The molecule has 5 heteroatoms. The molecule has 245 valence electrons. The molecule has 1 radical (unpaired) electrons. The van der Waals surface area contributed by atoms with E-state index in [2.05, 4.69) is 0 Å². The third-order valence-electron chi connectivity index (χ3n) is 5.68. The molecule has 0 aromatic carbocycles. The molecule has 0 amide bonds. The van der Waals surface area contributed by atoms with Crippen LogP contribution in [0.15, 0.2) is 0 Å². The Morgan fingerprint density at radius 3 is 0.268 bits per heavy atom. The number of hydrogen-bond donors (Lipinski definition) is 0. The van der Waals surface area contributed by atoms with Crippen LogP contribution in [0.1, 0.15) is 166 Å². The summed E-state index contributed by atoms with van der Waals surface area (Å²) >= 11 is 0. The first-order chi connectivity index (χ1) is 16.6. The van der Waals surface area contributed by atoms with Crippen LogP contribution in [0.5, 0.6) is 0 Å². The van der Waals surface area contributed by atoms with Gasteiger partial charge in [0.25, 0.3) is 0 Å². The molecule has 0 aliphatic rings. The minimum Gasteiger partial charge on any atom is -0.810 e. The van der Waals surface area contributed by atoms with Gasteiger partial charge in [0.1, 0.15) is 0 Å². The van der Waals surface area contributed by atoms with Gasteiger partial charge in [-0.25, -0.2) is 0 Å². The fourth-order valence-electron chi connectivity index (χ4n) is 4.50. The van der Waals surface area contributed by atoms with Crippen LogP contribution in [0, 0.1) is 43.3 Å². The SMILES string of the molecule is CC(C)(C)C(=[N-])C(C)(C)C.CC(C)(C)C(=[N-])C(C)(C)C.CC(C)(C)C(=[N-])C(C)(C)C.CC(C)(C)C(=[N-])C(C)(C)C.[Ta]. The first kappa shape index (κ1) is 50.1. The van der Waals surface area contributed by atoms with E-state index in [4.69, 9.17) is 0 Å². The predicted molar refractivity (Wildman–Crippen MR) is 189 cm³/mol. The average Bonchev–Trinajstić information content (AvgIpc) is 2.61. The van der Waals surface area contributed by atoms with Crippen molar-refractivity contribution in [2.45, 2.75) is 166 Å². The standard InChI is InChI=1S/4C9H18N.Ta/c4*1-8(2,3)7(10)9(4,5)6;/h4*1-6H3;/q4*-1;. The van der Waals surface area contributed by atoms with Crippen molar-refractivity contribution in [3.63, 3.8) is 0 Å². The minimum atomic E-state index is -0.0851. The van der Waals surface area contributed by atoms with Gasteiger partial charge < -0.3 is 21.6 Å². The zero-order chi connectivity index (χ0) is 34.3. The Morgan fingerprint density at radius 1 is 0.220 bits per heavy atom. The Kier molecular flexibility index (Phi) is 20.1. The fraction of sp³-hybridized carbons (Fsp3) is 0.889. The van der Waals surface area contributed by atoms with E-state index >= 15 is 0 Å². The second kappa shape index (κ2) is 16.5. The van der Waals surface area contributed by atoms with Crippen molar-refractivity contribution in [3.8, 4) is 0 Å². The molecular formula is C36H72N4Ta-4. The molecule has 4 nitrogen and oxygen atoms in total. The molecule has 0 atom stereocenters. The third kappa shape index (κ3) is 24.5. The maximum atomic E-state index is 9.64. The molecule has 0 bridgehead atoms. The van der Waals surface area contributed by atoms with E-state index in [-0.39, 0.29) is 65.7 Å². The van der Waals surface area contributed by atoms with Crippen LogP contribution in [-0.4, -0.2) is 22.8 Å². The molecule has 0 aromatic heterocycles. The van der Waals surface area contributed by atoms with Crippen LogP contribution in [0.3, 0.4) is 0 Å². The van der Waals surface area contributed by atoms with E-state index in [1.165, 1.54) is 0 Å². The Hall–Kier alpha value is -0.580. The summed E-state index contributed by atoms with van der Waals surface area (Å²) in [5.74, 6) is 0. The van der Waals surface area contributed by atoms with Crippen LogP contribution in [-0.2, 0) is 22.4 Å². The van der Waals surface area contributed by atoms with E-state index in [0.29, 0.717) is 22.8 Å². The molecule has 0 fully saturated rings. The van der Waals surface area contributed by atoms with Gasteiger partial charge in [0.05, 0.1) is 0 Å². The van der Waals surface area contributed by atoms with Gasteiger partial charge in [-0.05, 0) is 43.3 Å². The molecular weight excluding hydrogens is 669 g/mol. The Balaban J connectivity index is -0.000000139. The Bertz CT molecular complexity index is 614. The summed E-state index contributed by atoms with van der Waals surface area (Å²) in [6, 6.07) is 0. The van der Waals surface area contributed by atoms with Gasteiger partial charge in [0.2, 0.25) is 0 Å². The van der Waals surface area contributed by atoms with Crippen LogP contribution >= 0.6 is 0 Å². The molecule has 0 unspecified atom stereocenters. The van der Waals surface area contributed by atoms with Crippen molar-refractivity contribution >= 4 is 22.8 Å². The van der Waals surface area contributed by atoms with Crippen LogP contribution in [0.4, 0.5) is 0 Å². The summed E-state index contributed by atoms with van der Waals surface area (Å²) in [6.07, 6.45) is 0. The topological polar surface area (TPSA) is 89.2 Å². The summed E-state index contributed by atoms with van der Waals surface area (Å²) in [4.78, 5) is 0. The molecule has 41 heavy (non-hydrogen) atoms. The van der Waals surface area contributed by atoms with E-state index in [0.717, 1.165) is 0 Å². The molecule has 0 saturated carbocycles.